The van der Waals surface area contributed by atoms with Gasteiger partial charge in [-0.2, -0.15) is 18.3 Å². The van der Waals surface area contributed by atoms with E-state index in [4.69, 9.17) is 4.74 Å². The van der Waals surface area contributed by atoms with Gasteiger partial charge in [-0.25, -0.2) is 0 Å². The van der Waals surface area contributed by atoms with Crippen LogP contribution >= 0.6 is 0 Å². The monoisotopic (exact) mass is 415 g/mol. The fourth-order valence-corrected chi connectivity index (χ4v) is 3.97. The van der Waals surface area contributed by atoms with Crippen LogP contribution in [0.2, 0.25) is 0 Å². The summed E-state index contributed by atoms with van der Waals surface area (Å²) in [7, 11) is 3.08. The molecule has 0 N–H and O–H groups in total. The van der Waals surface area contributed by atoms with E-state index in [0.717, 1.165) is 22.9 Å². The summed E-state index contributed by atoms with van der Waals surface area (Å²) in [5.41, 5.74) is 2.23. The number of halogens is 3. The molecule has 8 heteroatoms. The van der Waals surface area contributed by atoms with Gasteiger partial charge in [-0.05, 0) is 18.6 Å². The number of aryl methyl sites for hydroxylation is 1. The van der Waals surface area contributed by atoms with Crippen molar-refractivity contribution in [3.05, 3.63) is 70.9 Å². The van der Waals surface area contributed by atoms with Gasteiger partial charge in [0.2, 0.25) is 0 Å². The van der Waals surface area contributed by atoms with Crippen LogP contribution in [0.3, 0.4) is 0 Å². The Hall–Kier alpha value is -3.29. The highest BCUT2D eigenvalue weighted by atomic mass is 19.4. The third-order valence-electron chi connectivity index (χ3n) is 5.30. The fourth-order valence-electron chi connectivity index (χ4n) is 3.97. The van der Waals surface area contributed by atoms with Crippen LogP contribution in [-0.2, 0) is 26.2 Å². The molecule has 30 heavy (non-hydrogen) atoms. The lowest BCUT2D eigenvalue weighted by molar-refractivity contribution is -0.138. The van der Waals surface area contributed by atoms with Crippen LogP contribution in [-0.4, -0.2) is 34.2 Å². The molecule has 0 radical (unpaired) electrons. The summed E-state index contributed by atoms with van der Waals surface area (Å²) >= 11 is 0. The maximum absolute atomic E-state index is 13.5. The lowest BCUT2D eigenvalue weighted by atomic mass is 9.98. The van der Waals surface area contributed by atoms with E-state index >= 15 is 0 Å². The summed E-state index contributed by atoms with van der Waals surface area (Å²) in [5.74, 6) is -0.802. The van der Waals surface area contributed by atoms with Crippen molar-refractivity contribution in [2.75, 3.05) is 13.7 Å². The predicted octanol–water partition coefficient (Wildman–Crippen LogP) is 4.31. The van der Waals surface area contributed by atoms with E-state index in [9.17, 15) is 18.0 Å². The Kier molecular flexibility index (Phi) is 5.01. The van der Waals surface area contributed by atoms with E-state index in [0.29, 0.717) is 18.7 Å². The molecule has 2 heterocycles. The third-order valence-corrected chi connectivity index (χ3v) is 5.30. The first-order valence-electron chi connectivity index (χ1n) is 9.45. The van der Waals surface area contributed by atoms with Crippen molar-refractivity contribution < 1.29 is 22.7 Å². The Morgan fingerprint density at radius 1 is 1.10 bits per heavy atom. The summed E-state index contributed by atoms with van der Waals surface area (Å²) in [6.45, 7) is 0.441. The van der Waals surface area contributed by atoms with Gasteiger partial charge in [0, 0.05) is 24.7 Å². The summed E-state index contributed by atoms with van der Waals surface area (Å²) in [6, 6.07) is 13.3. The Bertz CT molecular complexity index is 1090. The van der Waals surface area contributed by atoms with Crippen LogP contribution in [0.1, 0.15) is 27.2 Å². The molecule has 1 aliphatic heterocycles. The Morgan fingerprint density at radius 3 is 2.50 bits per heavy atom. The Balaban J connectivity index is 1.70. The molecule has 0 bridgehead atoms. The topological polar surface area (TPSA) is 47.4 Å². The average molecular weight is 415 g/mol. The number of carbonyl (C=O) groups excluding carboxylic acids is 1. The summed E-state index contributed by atoms with van der Waals surface area (Å²) < 4.78 is 47.4. The van der Waals surface area contributed by atoms with Gasteiger partial charge >= 0.3 is 6.18 Å². The van der Waals surface area contributed by atoms with Crippen LogP contribution < -0.4 is 4.74 Å². The third kappa shape index (κ3) is 3.42. The molecule has 156 valence electrons. The molecule has 4 rings (SSSR count). The minimum absolute atomic E-state index is 0.0911. The van der Waals surface area contributed by atoms with Crippen molar-refractivity contribution in [2.45, 2.75) is 19.1 Å². The molecule has 0 unspecified atom stereocenters. The van der Waals surface area contributed by atoms with Crippen molar-refractivity contribution in [3.8, 4) is 17.0 Å². The molecule has 0 aliphatic carbocycles. The highest BCUT2D eigenvalue weighted by Gasteiger charge is 2.39. The zero-order valence-corrected chi connectivity index (χ0v) is 16.5. The highest BCUT2D eigenvalue weighted by molar-refractivity contribution is 5.98. The van der Waals surface area contributed by atoms with Crippen LogP contribution in [0, 0.1) is 0 Å². The van der Waals surface area contributed by atoms with Crippen molar-refractivity contribution in [2.24, 2.45) is 7.05 Å². The second kappa shape index (κ2) is 7.51. The number of carbonyl (C=O) groups is 1. The maximum Gasteiger partial charge on any atom is 0.417 e. The summed E-state index contributed by atoms with van der Waals surface area (Å²) in [4.78, 5) is 14.5. The minimum Gasteiger partial charge on any atom is -0.496 e. The van der Waals surface area contributed by atoms with Gasteiger partial charge in [0.05, 0.1) is 36.2 Å². The largest absolute Gasteiger partial charge is 0.496 e. The molecule has 3 aromatic rings. The van der Waals surface area contributed by atoms with Gasteiger partial charge in [-0.1, -0.05) is 36.4 Å². The lowest BCUT2D eigenvalue weighted by Crippen LogP contribution is -2.37. The number of fused-ring (bicyclic) bond motifs is 1. The molecule has 1 aliphatic rings. The van der Waals surface area contributed by atoms with Gasteiger partial charge in [0.15, 0.2) is 0 Å². The van der Waals surface area contributed by atoms with E-state index in [1.807, 2.05) is 37.4 Å². The number of amides is 1. The van der Waals surface area contributed by atoms with Crippen LogP contribution in [0.4, 0.5) is 13.2 Å². The van der Waals surface area contributed by atoms with E-state index in [1.165, 1.54) is 24.1 Å². The highest BCUT2D eigenvalue weighted by Crippen LogP contribution is 2.38. The first kappa shape index (κ1) is 20.0. The van der Waals surface area contributed by atoms with Gasteiger partial charge < -0.3 is 9.64 Å². The second-order valence-electron chi connectivity index (χ2n) is 7.12. The fraction of sp³-hybridized carbons (Fsp3) is 0.273. The van der Waals surface area contributed by atoms with Crippen LogP contribution in [0.25, 0.3) is 11.3 Å². The number of alkyl halides is 3. The van der Waals surface area contributed by atoms with Crippen molar-refractivity contribution in [3.63, 3.8) is 0 Å². The molecule has 1 aromatic heterocycles. The summed E-state index contributed by atoms with van der Waals surface area (Å²) in [5, 5.41) is 4.54. The number of benzene rings is 2. The van der Waals surface area contributed by atoms with Crippen LogP contribution in [0.15, 0.2) is 48.5 Å². The molecule has 0 spiro atoms. The molecule has 5 nitrogen and oxygen atoms in total. The van der Waals surface area contributed by atoms with Gasteiger partial charge in [-0.15, -0.1) is 0 Å². The van der Waals surface area contributed by atoms with E-state index in [1.54, 1.807) is 4.68 Å². The number of rotatable bonds is 3. The number of hydrogen-bond acceptors (Lipinski definition) is 3. The predicted molar refractivity (Wildman–Crippen MR) is 105 cm³/mol. The van der Waals surface area contributed by atoms with E-state index < -0.39 is 23.2 Å². The van der Waals surface area contributed by atoms with Crippen molar-refractivity contribution in [1.82, 2.24) is 14.7 Å². The van der Waals surface area contributed by atoms with Gasteiger partial charge in [0.1, 0.15) is 5.75 Å². The molecule has 0 atom stereocenters. The van der Waals surface area contributed by atoms with Crippen LogP contribution in [0.5, 0.6) is 5.75 Å². The van der Waals surface area contributed by atoms with Gasteiger partial charge in [0.25, 0.3) is 5.91 Å². The molecule has 0 saturated carbocycles. The lowest BCUT2D eigenvalue weighted by Gasteiger charge is -2.28. The van der Waals surface area contributed by atoms with E-state index in [-0.39, 0.29) is 12.3 Å². The number of ether oxygens (including phenoxy) is 1. The number of hydrogen-bond donors (Lipinski definition) is 0. The van der Waals surface area contributed by atoms with Crippen molar-refractivity contribution in [1.29, 1.82) is 0 Å². The first-order chi connectivity index (χ1) is 14.3. The molecule has 0 saturated heterocycles. The first-order valence-corrected chi connectivity index (χ1v) is 9.45. The van der Waals surface area contributed by atoms with E-state index in [2.05, 4.69) is 5.10 Å². The van der Waals surface area contributed by atoms with Crippen molar-refractivity contribution >= 4 is 5.91 Å². The summed E-state index contributed by atoms with van der Waals surface area (Å²) in [6.07, 6.45) is -4.15. The average Bonchev–Trinajstić information content (AvgIpc) is 3.07. The standard InChI is InChI=1S/C22H20F3N3O2/c1-27-20(14-7-4-3-5-8-14)15-11-12-28(13-17(15)26-27)21(29)19-16(22(23,24)25)9-6-10-18(19)30-2/h3-10H,11-13H2,1-2H3. The molecule has 1 amide bonds. The molecule has 2 aromatic carbocycles. The zero-order chi connectivity index (χ0) is 21.5. The maximum atomic E-state index is 13.5. The molecular formula is C22H20F3N3O2. The number of nitrogens with zero attached hydrogens (tertiary/aromatic N) is 3. The normalized spacial score (nSPS) is 13.8. The number of aromatic nitrogens is 2. The SMILES string of the molecule is COc1cccc(C(F)(F)F)c1C(=O)N1CCc2c(nn(C)c2-c2ccccc2)C1. The quantitative estimate of drug-likeness (QED) is 0.640. The molecule has 0 fully saturated rings. The van der Waals surface area contributed by atoms with Gasteiger partial charge in [-0.3, -0.25) is 9.48 Å². The Labute approximate surface area is 171 Å². The zero-order valence-electron chi connectivity index (χ0n) is 16.5. The number of methoxy groups -OCH3 is 1. The second-order valence-corrected chi connectivity index (χ2v) is 7.12. The minimum atomic E-state index is -4.66. The smallest absolute Gasteiger partial charge is 0.417 e. The molecular weight excluding hydrogens is 395 g/mol. The Morgan fingerprint density at radius 2 is 1.83 bits per heavy atom.